The zero-order chi connectivity index (χ0) is 16.9. The molecule has 2 N–H and O–H groups in total. The molecule has 0 aromatic heterocycles. The van der Waals surface area contributed by atoms with Crippen LogP contribution in [0.2, 0.25) is 0 Å². The fourth-order valence-electron chi connectivity index (χ4n) is 2.72. The maximum absolute atomic E-state index is 11.1. The number of nitrogens with zero attached hydrogens (tertiary/aromatic N) is 2. The van der Waals surface area contributed by atoms with E-state index < -0.39 is 6.10 Å². The molecule has 1 atom stereocenters. The summed E-state index contributed by atoms with van der Waals surface area (Å²) >= 11 is 1.48. The molecule has 1 aromatic rings. The van der Waals surface area contributed by atoms with Crippen LogP contribution in [0.15, 0.2) is 41.0 Å². The topological polar surface area (TPSA) is 74.2 Å². The summed E-state index contributed by atoms with van der Waals surface area (Å²) in [5, 5.41) is 15.4. The van der Waals surface area contributed by atoms with Crippen LogP contribution in [0.25, 0.3) is 0 Å². The SMILES string of the molecule is COc1ccc(C(O)CN2CC=C(C3=NNC(=O)CS3)CC2)cc1. The van der Waals surface area contributed by atoms with E-state index in [0.29, 0.717) is 12.3 Å². The fourth-order valence-corrected chi connectivity index (χ4v) is 3.54. The molecule has 2 aliphatic heterocycles. The highest BCUT2D eigenvalue weighted by Gasteiger charge is 2.21. The summed E-state index contributed by atoms with van der Waals surface area (Å²) in [4.78, 5) is 13.4. The van der Waals surface area contributed by atoms with Crippen molar-refractivity contribution in [3.63, 3.8) is 0 Å². The summed E-state index contributed by atoms with van der Waals surface area (Å²) in [5.74, 6) is 1.16. The number of amides is 1. The van der Waals surface area contributed by atoms with Gasteiger partial charge in [-0.15, -0.1) is 0 Å². The van der Waals surface area contributed by atoms with Gasteiger partial charge in [-0.3, -0.25) is 9.69 Å². The van der Waals surface area contributed by atoms with Gasteiger partial charge < -0.3 is 9.84 Å². The average molecular weight is 347 g/mol. The molecule has 2 aliphatic rings. The first kappa shape index (κ1) is 17.0. The zero-order valence-corrected chi connectivity index (χ0v) is 14.4. The van der Waals surface area contributed by atoms with E-state index in [4.69, 9.17) is 4.74 Å². The summed E-state index contributed by atoms with van der Waals surface area (Å²) in [5.41, 5.74) is 4.59. The second-order valence-electron chi connectivity index (χ2n) is 5.77. The lowest BCUT2D eigenvalue weighted by Crippen LogP contribution is -2.34. The molecule has 128 valence electrons. The number of hydrogen-bond acceptors (Lipinski definition) is 6. The van der Waals surface area contributed by atoms with Gasteiger partial charge in [-0.1, -0.05) is 30.0 Å². The van der Waals surface area contributed by atoms with Gasteiger partial charge in [0.05, 0.1) is 19.0 Å². The number of hydrogen-bond donors (Lipinski definition) is 2. The molecule has 0 fully saturated rings. The molecule has 0 spiro atoms. The number of ether oxygens (including phenoxy) is 1. The summed E-state index contributed by atoms with van der Waals surface area (Å²) in [6.07, 6.45) is 2.48. The number of aliphatic hydroxyl groups excluding tert-OH is 1. The van der Waals surface area contributed by atoms with E-state index in [1.54, 1.807) is 7.11 Å². The molecule has 6 nitrogen and oxygen atoms in total. The predicted octanol–water partition coefficient (Wildman–Crippen LogP) is 1.54. The smallest absolute Gasteiger partial charge is 0.250 e. The van der Waals surface area contributed by atoms with Crippen LogP contribution in [-0.4, -0.2) is 53.5 Å². The minimum absolute atomic E-state index is 0.0515. The molecule has 2 heterocycles. The number of hydrazone groups is 1. The largest absolute Gasteiger partial charge is 0.497 e. The molecule has 0 radical (unpaired) electrons. The van der Waals surface area contributed by atoms with Gasteiger partial charge in [-0.05, 0) is 29.7 Å². The van der Waals surface area contributed by atoms with E-state index in [1.165, 1.54) is 17.3 Å². The molecule has 1 unspecified atom stereocenters. The molecule has 1 aromatic carbocycles. The van der Waals surface area contributed by atoms with Crippen LogP contribution in [0, 0.1) is 0 Å². The van der Waals surface area contributed by atoms with Gasteiger partial charge in [-0.25, -0.2) is 5.43 Å². The number of benzene rings is 1. The van der Waals surface area contributed by atoms with Crippen molar-refractivity contribution in [3.8, 4) is 5.75 Å². The average Bonchev–Trinajstić information content (AvgIpc) is 2.63. The number of carbonyl (C=O) groups is 1. The Labute approximate surface area is 145 Å². The van der Waals surface area contributed by atoms with Crippen molar-refractivity contribution in [1.29, 1.82) is 0 Å². The Hall–Kier alpha value is -1.83. The summed E-state index contributed by atoms with van der Waals surface area (Å²) < 4.78 is 5.14. The molecule has 0 bridgehead atoms. The van der Waals surface area contributed by atoms with E-state index >= 15 is 0 Å². The predicted molar refractivity (Wildman–Crippen MR) is 95.1 cm³/mol. The van der Waals surface area contributed by atoms with Crippen LogP contribution in [-0.2, 0) is 4.79 Å². The lowest BCUT2D eigenvalue weighted by atomic mass is 10.1. The molecule has 7 heteroatoms. The number of carbonyl (C=O) groups excluding carboxylic acids is 1. The van der Waals surface area contributed by atoms with Crippen molar-refractivity contribution in [2.24, 2.45) is 5.10 Å². The van der Waals surface area contributed by atoms with Gasteiger partial charge in [-0.2, -0.15) is 5.10 Å². The maximum atomic E-state index is 11.1. The highest BCUT2D eigenvalue weighted by atomic mass is 32.2. The Morgan fingerprint density at radius 1 is 1.42 bits per heavy atom. The van der Waals surface area contributed by atoms with Crippen molar-refractivity contribution in [1.82, 2.24) is 10.3 Å². The normalized spacial score (nSPS) is 20.0. The maximum Gasteiger partial charge on any atom is 0.250 e. The third-order valence-electron chi connectivity index (χ3n) is 4.12. The highest BCUT2D eigenvalue weighted by molar-refractivity contribution is 8.15. The lowest BCUT2D eigenvalue weighted by molar-refractivity contribution is -0.118. The van der Waals surface area contributed by atoms with Gasteiger partial charge in [0.25, 0.3) is 5.91 Å². The van der Waals surface area contributed by atoms with Gasteiger partial charge in [0.15, 0.2) is 0 Å². The lowest BCUT2D eigenvalue weighted by Gasteiger charge is -2.29. The van der Waals surface area contributed by atoms with Gasteiger partial charge >= 0.3 is 0 Å². The van der Waals surface area contributed by atoms with Crippen LogP contribution in [0.4, 0.5) is 0 Å². The van der Waals surface area contributed by atoms with Crippen molar-refractivity contribution < 1.29 is 14.6 Å². The number of methoxy groups -OCH3 is 1. The number of rotatable bonds is 5. The standard InChI is InChI=1S/C17H21N3O3S/c1-23-14-4-2-12(3-5-14)15(21)10-20-8-6-13(7-9-20)17-19-18-16(22)11-24-17/h2-6,15,21H,7-11H2,1H3,(H,18,22). The quantitative estimate of drug-likeness (QED) is 0.845. The third kappa shape index (κ3) is 4.17. The molecule has 3 rings (SSSR count). The molecule has 0 aliphatic carbocycles. The zero-order valence-electron chi connectivity index (χ0n) is 13.6. The van der Waals surface area contributed by atoms with Gasteiger partial charge in [0, 0.05) is 19.6 Å². The molecule has 0 saturated heterocycles. The number of β-amino-alcohol motifs (C(OH)–C–C–N with tert-alkyl or cyclic N) is 1. The van der Waals surface area contributed by atoms with Crippen molar-refractivity contribution in [2.75, 3.05) is 32.5 Å². The Morgan fingerprint density at radius 3 is 2.79 bits per heavy atom. The Kier molecular flexibility index (Phi) is 5.55. The third-order valence-corrected chi connectivity index (χ3v) is 5.16. The summed E-state index contributed by atoms with van der Waals surface area (Å²) in [6, 6.07) is 7.51. The van der Waals surface area contributed by atoms with Crippen LogP contribution < -0.4 is 10.2 Å². The molecular weight excluding hydrogens is 326 g/mol. The minimum Gasteiger partial charge on any atom is -0.497 e. The Balaban J connectivity index is 1.55. The van der Waals surface area contributed by atoms with Gasteiger partial charge in [0.2, 0.25) is 0 Å². The van der Waals surface area contributed by atoms with Crippen LogP contribution in [0.5, 0.6) is 5.75 Å². The Morgan fingerprint density at radius 2 is 2.21 bits per heavy atom. The van der Waals surface area contributed by atoms with Crippen molar-refractivity contribution in [3.05, 3.63) is 41.5 Å². The van der Waals surface area contributed by atoms with E-state index in [9.17, 15) is 9.90 Å². The number of nitrogens with one attached hydrogen (secondary N) is 1. The molecular formula is C17H21N3O3S. The summed E-state index contributed by atoms with van der Waals surface area (Å²) in [7, 11) is 1.63. The fraction of sp³-hybridized carbons (Fsp3) is 0.412. The first-order chi connectivity index (χ1) is 11.7. The number of aliphatic hydroxyl groups is 1. The van der Waals surface area contributed by atoms with Crippen LogP contribution in [0.1, 0.15) is 18.1 Å². The van der Waals surface area contributed by atoms with Crippen molar-refractivity contribution >= 4 is 22.7 Å². The van der Waals surface area contributed by atoms with Crippen LogP contribution in [0.3, 0.4) is 0 Å². The minimum atomic E-state index is -0.522. The second kappa shape index (κ2) is 7.83. The Bertz CT molecular complexity index is 658. The molecule has 0 saturated carbocycles. The van der Waals surface area contributed by atoms with E-state index in [1.807, 2.05) is 24.3 Å². The highest BCUT2D eigenvalue weighted by Crippen LogP contribution is 2.23. The van der Waals surface area contributed by atoms with E-state index in [0.717, 1.165) is 35.9 Å². The van der Waals surface area contributed by atoms with Crippen LogP contribution >= 0.6 is 11.8 Å². The monoisotopic (exact) mass is 347 g/mol. The van der Waals surface area contributed by atoms with Gasteiger partial charge in [0.1, 0.15) is 10.8 Å². The summed E-state index contributed by atoms with van der Waals surface area (Å²) in [6.45, 7) is 2.23. The van der Waals surface area contributed by atoms with E-state index in [-0.39, 0.29) is 5.91 Å². The molecule has 1 amide bonds. The molecule has 24 heavy (non-hydrogen) atoms. The van der Waals surface area contributed by atoms with Crippen molar-refractivity contribution in [2.45, 2.75) is 12.5 Å². The van der Waals surface area contributed by atoms with E-state index in [2.05, 4.69) is 21.5 Å². The first-order valence-electron chi connectivity index (χ1n) is 7.89. The first-order valence-corrected chi connectivity index (χ1v) is 8.87. The number of thioether (sulfide) groups is 1. The second-order valence-corrected chi connectivity index (χ2v) is 6.73.